The van der Waals surface area contributed by atoms with Crippen LogP contribution in [0, 0.1) is 6.92 Å². The minimum absolute atomic E-state index is 0.580. The van der Waals surface area contributed by atoms with Gasteiger partial charge < -0.3 is 5.73 Å². The van der Waals surface area contributed by atoms with Crippen molar-refractivity contribution in [2.24, 2.45) is 0 Å². The van der Waals surface area contributed by atoms with Crippen molar-refractivity contribution < 1.29 is 0 Å². The first-order chi connectivity index (χ1) is 6.66. The van der Waals surface area contributed by atoms with Crippen molar-refractivity contribution in [3.63, 3.8) is 0 Å². The molecule has 2 N–H and O–H groups in total. The zero-order valence-corrected chi connectivity index (χ0v) is 9.19. The van der Waals surface area contributed by atoms with Crippen LogP contribution in [0.3, 0.4) is 0 Å². The van der Waals surface area contributed by atoms with Crippen LogP contribution in [0.25, 0.3) is 10.4 Å². The molecule has 14 heavy (non-hydrogen) atoms. The highest BCUT2D eigenvalue weighted by Gasteiger charge is 2.03. The maximum absolute atomic E-state index is 5.85. The molecule has 0 aromatic carbocycles. The number of hydrogen-bond acceptors (Lipinski definition) is 3. The first-order valence-electron chi connectivity index (χ1n) is 4.14. The number of aryl methyl sites for hydroxylation is 1. The van der Waals surface area contributed by atoms with Gasteiger partial charge in [0.15, 0.2) is 0 Å². The van der Waals surface area contributed by atoms with Crippen molar-refractivity contribution in [1.82, 2.24) is 4.98 Å². The number of thiophene rings is 1. The lowest BCUT2D eigenvalue weighted by Crippen LogP contribution is -1.93. The SMILES string of the molecule is Cc1cc(-c2ccc(Cl)s2)cnc1N. The third-order valence-corrected chi connectivity index (χ3v) is 3.26. The topological polar surface area (TPSA) is 38.9 Å². The number of halogens is 1. The Balaban J connectivity index is 2.47. The Bertz CT molecular complexity index is 465. The summed E-state index contributed by atoms with van der Waals surface area (Å²) in [4.78, 5) is 5.22. The Morgan fingerprint density at radius 3 is 2.79 bits per heavy atom. The van der Waals surface area contributed by atoms with Crippen LogP contribution in [0.15, 0.2) is 24.4 Å². The van der Waals surface area contributed by atoms with E-state index in [1.165, 1.54) is 0 Å². The molecule has 0 saturated carbocycles. The van der Waals surface area contributed by atoms with E-state index in [1.807, 2.05) is 25.1 Å². The monoisotopic (exact) mass is 224 g/mol. The first-order valence-corrected chi connectivity index (χ1v) is 5.34. The molecule has 0 bridgehead atoms. The number of pyridine rings is 1. The summed E-state index contributed by atoms with van der Waals surface area (Å²) in [6.45, 7) is 1.95. The minimum Gasteiger partial charge on any atom is -0.383 e. The molecule has 0 aliphatic carbocycles. The van der Waals surface area contributed by atoms with Gasteiger partial charge in [-0.1, -0.05) is 11.6 Å². The Morgan fingerprint density at radius 1 is 1.43 bits per heavy atom. The molecule has 0 amide bonds. The Labute approximate surface area is 91.4 Å². The summed E-state index contributed by atoms with van der Waals surface area (Å²) < 4.78 is 0.787. The molecule has 0 aliphatic rings. The van der Waals surface area contributed by atoms with Crippen LogP contribution in [0.2, 0.25) is 4.34 Å². The smallest absolute Gasteiger partial charge is 0.126 e. The second kappa shape index (κ2) is 3.59. The normalized spacial score (nSPS) is 10.4. The van der Waals surface area contributed by atoms with Gasteiger partial charge in [0.2, 0.25) is 0 Å². The minimum atomic E-state index is 0.580. The van der Waals surface area contributed by atoms with Crippen LogP contribution in [0.5, 0.6) is 0 Å². The van der Waals surface area contributed by atoms with Gasteiger partial charge in [-0.05, 0) is 30.7 Å². The van der Waals surface area contributed by atoms with Gasteiger partial charge in [0.25, 0.3) is 0 Å². The maximum atomic E-state index is 5.85. The zero-order chi connectivity index (χ0) is 10.1. The fraction of sp³-hybridized carbons (Fsp3) is 0.100. The second-order valence-corrected chi connectivity index (χ2v) is 4.74. The van der Waals surface area contributed by atoms with Crippen molar-refractivity contribution >= 4 is 28.8 Å². The van der Waals surface area contributed by atoms with Crippen molar-refractivity contribution in [2.75, 3.05) is 5.73 Å². The van der Waals surface area contributed by atoms with Gasteiger partial charge >= 0.3 is 0 Å². The summed E-state index contributed by atoms with van der Waals surface area (Å²) in [5, 5.41) is 0. The molecule has 2 heterocycles. The molecule has 0 atom stereocenters. The molecule has 0 aliphatic heterocycles. The second-order valence-electron chi connectivity index (χ2n) is 3.03. The number of hydrogen-bond donors (Lipinski definition) is 1. The van der Waals surface area contributed by atoms with E-state index >= 15 is 0 Å². The summed E-state index contributed by atoms with van der Waals surface area (Å²) in [6.07, 6.45) is 1.77. The summed E-state index contributed by atoms with van der Waals surface area (Å²) in [6, 6.07) is 5.89. The van der Waals surface area contributed by atoms with Gasteiger partial charge in [0.1, 0.15) is 5.82 Å². The van der Waals surface area contributed by atoms with Gasteiger partial charge in [-0.15, -0.1) is 11.3 Å². The Morgan fingerprint density at radius 2 is 2.21 bits per heavy atom. The maximum Gasteiger partial charge on any atom is 0.126 e. The molecule has 0 saturated heterocycles. The fourth-order valence-corrected chi connectivity index (χ4v) is 2.21. The van der Waals surface area contributed by atoms with E-state index in [4.69, 9.17) is 17.3 Å². The summed E-state index contributed by atoms with van der Waals surface area (Å²) in [5.74, 6) is 0.580. The van der Waals surface area contributed by atoms with Crippen LogP contribution in [0.1, 0.15) is 5.56 Å². The standard InChI is InChI=1S/C10H9ClN2S/c1-6-4-7(5-13-10(6)12)8-2-3-9(11)14-8/h2-5H,1H3,(H2,12,13). The predicted molar refractivity (Wildman–Crippen MR) is 61.7 cm³/mol. The average Bonchev–Trinajstić information content (AvgIpc) is 2.57. The Kier molecular flexibility index (Phi) is 2.44. The lowest BCUT2D eigenvalue weighted by Gasteiger charge is -2.01. The summed E-state index contributed by atoms with van der Waals surface area (Å²) in [5.41, 5.74) is 7.69. The largest absolute Gasteiger partial charge is 0.383 e. The predicted octanol–water partition coefficient (Wildman–Crippen LogP) is 3.35. The molecule has 2 aromatic heterocycles. The van der Waals surface area contributed by atoms with Crippen LogP contribution in [0.4, 0.5) is 5.82 Å². The molecule has 72 valence electrons. The van der Waals surface area contributed by atoms with E-state index in [9.17, 15) is 0 Å². The van der Waals surface area contributed by atoms with Crippen molar-refractivity contribution in [1.29, 1.82) is 0 Å². The van der Waals surface area contributed by atoms with Gasteiger partial charge in [-0.3, -0.25) is 0 Å². The molecule has 0 radical (unpaired) electrons. The number of anilines is 1. The molecular weight excluding hydrogens is 216 g/mol. The number of nitrogens with two attached hydrogens (primary N) is 1. The van der Waals surface area contributed by atoms with Gasteiger partial charge in [-0.25, -0.2) is 4.98 Å². The van der Waals surface area contributed by atoms with Crippen molar-refractivity contribution in [3.8, 4) is 10.4 Å². The van der Waals surface area contributed by atoms with E-state index < -0.39 is 0 Å². The van der Waals surface area contributed by atoms with Crippen LogP contribution in [-0.4, -0.2) is 4.98 Å². The molecule has 2 rings (SSSR count). The highest BCUT2D eigenvalue weighted by Crippen LogP contribution is 2.31. The highest BCUT2D eigenvalue weighted by molar-refractivity contribution is 7.19. The number of nitrogen functional groups attached to an aromatic ring is 1. The zero-order valence-electron chi connectivity index (χ0n) is 7.62. The Hall–Kier alpha value is -1.06. The molecule has 2 aromatic rings. The third kappa shape index (κ3) is 1.74. The van der Waals surface area contributed by atoms with E-state index in [2.05, 4.69) is 4.98 Å². The molecule has 2 nitrogen and oxygen atoms in total. The molecule has 0 spiro atoms. The van der Waals surface area contributed by atoms with Crippen molar-refractivity contribution in [3.05, 3.63) is 34.3 Å². The number of aromatic nitrogens is 1. The lowest BCUT2D eigenvalue weighted by molar-refractivity contribution is 1.28. The van der Waals surface area contributed by atoms with Gasteiger partial charge in [0, 0.05) is 16.6 Å². The first kappa shape index (κ1) is 9.49. The summed E-state index contributed by atoms with van der Waals surface area (Å²) >= 11 is 7.39. The third-order valence-electron chi connectivity index (χ3n) is 1.98. The van der Waals surface area contributed by atoms with E-state index in [0.717, 1.165) is 20.3 Å². The van der Waals surface area contributed by atoms with Gasteiger partial charge in [-0.2, -0.15) is 0 Å². The van der Waals surface area contributed by atoms with E-state index in [0.29, 0.717) is 5.82 Å². The molecular formula is C10H9ClN2S. The van der Waals surface area contributed by atoms with Crippen molar-refractivity contribution in [2.45, 2.75) is 6.92 Å². The quantitative estimate of drug-likeness (QED) is 0.807. The molecule has 4 heteroatoms. The average molecular weight is 225 g/mol. The summed E-state index contributed by atoms with van der Waals surface area (Å²) in [7, 11) is 0. The van der Waals surface area contributed by atoms with Gasteiger partial charge in [0.05, 0.1) is 4.34 Å². The highest BCUT2D eigenvalue weighted by atomic mass is 35.5. The fourth-order valence-electron chi connectivity index (χ4n) is 1.19. The number of rotatable bonds is 1. The van der Waals surface area contributed by atoms with Crippen LogP contribution < -0.4 is 5.73 Å². The lowest BCUT2D eigenvalue weighted by atomic mass is 10.2. The van der Waals surface area contributed by atoms with Crippen LogP contribution in [-0.2, 0) is 0 Å². The molecule has 0 unspecified atom stereocenters. The van der Waals surface area contributed by atoms with Crippen LogP contribution >= 0.6 is 22.9 Å². The van der Waals surface area contributed by atoms with E-state index in [1.54, 1.807) is 17.5 Å². The van der Waals surface area contributed by atoms with E-state index in [-0.39, 0.29) is 0 Å². The molecule has 0 fully saturated rings. The number of nitrogens with zero attached hydrogens (tertiary/aromatic N) is 1.